The molecule has 0 amide bonds. The average molecular weight is 338 g/mol. The Bertz CT molecular complexity index is 404. The summed E-state index contributed by atoms with van der Waals surface area (Å²) in [6, 6.07) is 0.170. The van der Waals surface area contributed by atoms with Gasteiger partial charge in [-0.1, -0.05) is 62.8 Å². The Morgan fingerprint density at radius 3 is 2.71 bits per heavy atom. The van der Waals surface area contributed by atoms with Gasteiger partial charge in [0, 0.05) is 12.5 Å². The summed E-state index contributed by atoms with van der Waals surface area (Å²) >= 11 is 0. The molecule has 1 aliphatic carbocycles. The Hall–Kier alpha value is -1.13. The van der Waals surface area contributed by atoms with Crippen LogP contribution in [-0.4, -0.2) is 22.3 Å². The van der Waals surface area contributed by atoms with Crippen molar-refractivity contribution in [1.29, 1.82) is 0 Å². The monoisotopic (exact) mass is 337 g/mol. The summed E-state index contributed by atoms with van der Waals surface area (Å²) in [7, 11) is 0. The molecule has 0 heterocycles. The first-order chi connectivity index (χ1) is 11.7. The van der Waals surface area contributed by atoms with Crippen LogP contribution < -0.4 is 5.48 Å². The Morgan fingerprint density at radius 1 is 1.21 bits per heavy atom. The molecule has 0 aromatic rings. The van der Waals surface area contributed by atoms with Crippen molar-refractivity contribution >= 4 is 5.97 Å². The van der Waals surface area contributed by atoms with E-state index in [1.54, 1.807) is 0 Å². The second-order valence-electron chi connectivity index (χ2n) is 6.89. The lowest BCUT2D eigenvalue weighted by Crippen LogP contribution is -2.29. The predicted molar refractivity (Wildman–Crippen MR) is 98.1 cm³/mol. The van der Waals surface area contributed by atoms with E-state index < -0.39 is 5.97 Å². The van der Waals surface area contributed by atoms with Crippen LogP contribution in [-0.2, 0) is 4.79 Å². The van der Waals surface area contributed by atoms with Crippen LogP contribution >= 0.6 is 0 Å². The van der Waals surface area contributed by atoms with Gasteiger partial charge in [-0.3, -0.25) is 4.79 Å². The number of unbranched alkanes of at least 4 members (excludes halogenated alkanes) is 6. The summed E-state index contributed by atoms with van der Waals surface area (Å²) in [6.07, 6.45) is 19.0. The van der Waals surface area contributed by atoms with Gasteiger partial charge in [0.05, 0.1) is 0 Å². The number of nitrogens with one attached hydrogen (secondary N) is 1. The molecule has 0 spiro atoms. The lowest BCUT2D eigenvalue weighted by Gasteiger charge is -2.19. The van der Waals surface area contributed by atoms with Gasteiger partial charge < -0.3 is 10.3 Å². The van der Waals surface area contributed by atoms with E-state index in [0.717, 1.165) is 51.4 Å². The van der Waals surface area contributed by atoms with Crippen LogP contribution in [0.2, 0.25) is 0 Å². The van der Waals surface area contributed by atoms with Crippen LogP contribution in [0.25, 0.3) is 0 Å². The molecule has 0 aliphatic heterocycles. The number of allylic oxidation sites excluding steroid dienone is 3. The minimum Gasteiger partial charge on any atom is -0.481 e. The molecule has 1 fully saturated rings. The Balaban J connectivity index is 2.34. The Kier molecular flexibility index (Phi) is 11.5. The fourth-order valence-corrected chi connectivity index (χ4v) is 3.51. The van der Waals surface area contributed by atoms with Crippen molar-refractivity contribution in [3.05, 3.63) is 23.8 Å². The zero-order chi connectivity index (χ0) is 17.6. The second kappa shape index (κ2) is 13.2. The Morgan fingerprint density at radius 2 is 2.00 bits per heavy atom. The van der Waals surface area contributed by atoms with E-state index in [0.29, 0.717) is 5.92 Å². The molecule has 1 saturated carbocycles. The summed E-state index contributed by atoms with van der Waals surface area (Å²) in [4.78, 5) is 10.5. The van der Waals surface area contributed by atoms with Gasteiger partial charge >= 0.3 is 5.97 Å². The molecule has 0 aromatic heterocycles. The fourth-order valence-electron chi connectivity index (χ4n) is 3.51. The maximum absolute atomic E-state index is 10.5. The number of rotatable bonds is 13. The van der Waals surface area contributed by atoms with E-state index in [2.05, 4.69) is 30.6 Å². The lowest BCUT2D eigenvalue weighted by atomic mass is 9.92. The van der Waals surface area contributed by atoms with Gasteiger partial charge in [-0.15, -0.1) is 0 Å². The van der Waals surface area contributed by atoms with Crippen molar-refractivity contribution in [2.75, 3.05) is 0 Å². The van der Waals surface area contributed by atoms with Gasteiger partial charge in [0.2, 0.25) is 0 Å². The average Bonchev–Trinajstić information content (AvgIpc) is 2.95. The van der Waals surface area contributed by atoms with Gasteiger partial charge in [-0.2, -0.15) is 0 Å². The van der Waals surface area contributed by atoms with Crippen LogP contribution in [0, 0.1) is 5.92 Å². The SMILES string of the molecule is CCCCCC=CC=C1CCC(NO)[C@@H]1CCCCCCC(=O)O. The number of carbonyl (C=O) groups is 1. The molecule has 1 rings (SSSR count). The smallest absolute Gasteiger partial charge is 0.303 e. The highest BCUT2D eigenvalue weighted by Gasteiger charge is 2.30. The zero-order valence-corrected chi connectivity index (χ0v) is 15.2. The van der Waals surface area contributed by atoms with Gasteiger partial charge in [0.25, 0.3) is 0 Å². The minimum absolute atomic E-state index is 0.170. The van der Waals surface area contributed by atoms with E-state index >= 15 is 0 Å². The molecule has 0 aromatic carbocycles. The van der Waals surface area contributed by atoms with E-state index in [1.165, 1.54) is 24.8 Å². The highest BCUT2D eigenvalue weighted by atomic mass is 16.5. The van der Waals surface area contributed by atoms with Crippen LogP contribution in [0.15, 0.2) is 23.8 Å². The molecule has 0 radical (unpaired) electrons. The summed E-state index contributed by atoms with van der Waals surface area (Å²) in [5, 5.41) is 18.0. The molecule has 0 bridgehead atoms. The van der Waals surface area contributed by atoms with Crippen LogP contribution in [0.4, 0.5) is 0 Å². The minimum atomic E-state index is -0.703. The largest absolute Gasteiger partial charge is 0.481 e. The highest BCUT2D eigenvalue weighted by molar-refractivity contribution is 5.66. The van der Waals surface area contributed by atoms with Gasteiger partial charge in [-0.05, 0) is 44.4 Å². The topological polar surface area (TPSA) is 69.6 Å². The van der Waals surface area contributed by atoms with E-state index in [4.69, 9.17) is 5.11 Å². The molecule has 1 aliphatic rings. The van der Waals surface area contributed by atoms with Crippen LogP contribution in [0.1, 0.15) is 84.0 Å². The van der Waals surface area contributed by atoms with Crippen molar-refractivity contribution < 1.29 is 15.1 Å². The predicted octanol–water partition coefficient (Wildman–Crippen LogP) is 5.23. The number of carboxylic acid groups (broad SMARTS) is 1. The highest BCUT2D eigenvalue weighted by Crippen LogP contribution is 2.35. The zero-order valence-electron chi connectivity index (χ0n) is 15.2. The van der Waals surface area contributed by atoms with Gasteiger partial charge in [0.1, 0.15) is 0 Å². The number of aliphatic carboxylic acids is 1. The summed E-state index contributed by atoms with van der Waals surface area (Å²) in [6.45, 7) is 2.22. The van der Waals surface area contributed by atoms with Crippen LogP contribution in [0.3, 0.4) is 0 Å². The Labute approximate surface area is 147 Å². The molecule has 2 atom stereocenters. The standard InChI is InChI=1S/C20H35NO3/c1-2-3-4-5-6-9-12-17-15-16-19(21-24)18(17)13-10-7-8-11-14-20(22)23/h6,9,12,18-19,21,24H,2-5,7-8,10-11,13-16H2,1H3,(H,22,23)/t18-,19?/m1/s1. The first-order valence-electron chi connectivity index (χ1n) is 9.66. The van der Waals surface area contributed by atoms with E-state index in [9.17, 15) is 10.0 Å². The maximum atomic E-state index is 10.5. The summed E-state index contributed by atoms with van der Waals surface area (Å²) < 4.78 is 0. The summed E-state index contributed by atoms with van der Waals surface area (Å²) in [5.41, 5.74) is 3.93. The third-order valence-corrected chi connectivity index (χ3v) is 4.95. The van der Waals surface area contributed by atoms with Crippen molar-refractivity contribution in [2.24, 2.45) is 5.92 Å². The van der Waals surface area contributed by atoms with E-state index in [1.807, 2.05) is 0 Å². The molecular weight excluding hydrogens is 302 g/mol. The first kappa shape index (κ1) is 20.9. The quantitative estimate of drug-likeness (QED) is 0.318. The third kappa shape index (κ3) is 8.65. The molecule has 138 valence electrons. The third-order valence-electron chi connectivity index (χ3n) is 4.95. The lowest BCUT2D eigenvalue weighted by molar-refractivity contribution is -0.137. The molecular formula is C20H35NO3. The van der Waals surface area contributed by atoms with Gasteiger partial charge in [0.15, 0.2) is 0 Å². The van der Waals surface area contributed by atoms with Crippen molar-refractivity contribution in [3.63, 3.8) is 0 Å². The molecule has 4 nitrogen and oxygen atoms in total. The first-order valence-corrected chi connectivity index (χ1v) is 9.66. The van der Waals surface area contributed by atoms with Crippen molar-refractivity contribution in [2.45, 2.75) is 90.0 Å². The molecule has 1 unspecified atom stereocenters. The number of hydrogen-bond acceptors (Lipinski definition) is 3. The number of carboxylic acids is 1. The fraction of sp³-hybridized carbons (Fsp3) is 0.750. The molecule has 4 heteroatoms. The molecule has 0 saturated heterocycles. The second-order valence-corrected chi connectivity index (χ2v) is 6.89. The number of hydroxylamine groups is 1. The van der Waals surface area contributed by atoms with Crippen LogP contribution in [0.5, 0.6) is 0 Å². The van der Waals surface area contributed by atoms with E-state index in [-0.39, 0.29) is 12.5 Å². The maximum Gasteiger partial charge on any atom is 0.303 e. The van der Waals surface area contributed by atoms with Crippen molar-refractivity contribution in [3.8, 4) is 0 Å². The number of hydrogen-bond donors (Lipinski definition) is 3. The normalized spacial score (nSPS) is 22.7. The molecule has 24 heavy (non-hydrogen) atoms. The molecule has 3 N–H and O–H groups in total. The summed E-state index contributed by atoms with van der Waals surface area (Å²) in [5.74, 6) is -0.291. The van der Waals surface area contributed by atoms with Crippen molar-refractivity contribution in [1.82, 2.24) is 5.48 Å². The van der Waals surface area contributed by atoms with Gasteiger partial charge in [-0.25, -0.2) is 5.48 Å².